The SMILES string of the molecule is CCC[C@H]1CN[C@H](C(=O)N[C@@H]([C@H]2O[C@H](SCCOC(=O)c3cccc(O)c3)[C@H](O)[C@@H](O)[C@H]2O)[C@@H](C)O)C1. The van der Waals surface area contributed by atoms with Gasteiger partial charge in [-0.25, -0.2) is 4.79 Å². The largest absolute Gasteiger partial charge is 0.508 e. The standard InChI is InChI=1S/C25H38N2O9S/c1-3-5-14-10-17(26-12-14)23(33)27-18(13(2)28)22-20(31)19(30)21(32)25(36-22)37-9-8-35-24(34)15-6-4-7-16(29)11-15/h4,6-7,11,13-14,17-22,25-26,28-32H,3,5,8-10,12H2,1-2H3,(H,27,33)/t13-,14-,17+,18-,19+,20-,21-,22-,25-/m1/s1. The monoisotopic (exact) mass is 542 g/mol. The number of phenols is 1. The van der Waals surface area contributed by atoms with E-state index >= 15 is 0 Å². The molecule has 2 heterocycles. The molecule has 9 atom stereocenters. The maximum atomic E-state index is 12.9. The van der Waals surface area contributed by atoms with E-state index in [4.69, 9.17) is 9.47 Å². The molecule has 12 heteroatoms. The zero-order valence-electron chi connectivity index (χ0n) is 21.0. The Balaban J connectivity index is 1.57. The highest BCUT2D eigenvalue weighted by molar-refractivity contribution is 7.99. The van der Waals surface area contributed by atoms with Gasteiger partial charge in [-0.3, -0.25) is 4.79 Å². The van der Waals surface area contributed by atoms with Crippen molar-refractivity contribution >= 4 is 23.6 Å². The summed E-state index contributed by atoms with van der Waals surface area (Å²) in [5.74, 6) is -0.442. The minimum atomic E-state index is -1.58. The van der Waals surface area contributed by atoms with E-state index in [-0.39, 0.29) is 29.6 Å². The number of aliphatic hydroxyl groups is 4. The number of rotatable bonds is 11. The Kier molecular flexibility index (Phi) is 11.0. The van der Waals surface area contributed by atoms with Gasteiger partial charge in [-0.15, -0.1) is 11.8 Å². The highest BCUT2D eigenvalue weighted by atomic mass is 32.2. The minimum Gasteiger partial charge on any atom is -0.508 e. The number of aliphatic hydroxyl groups excluding tert-OH is 4. The highest BCUT2D eigenvalue weighted by Gasteiger charge is 2.48. The van der Waals surface area contributed by atoms with Crippen molar-refractivity contribution in [3.63, 3.8) is 0 Å². The second-order valence-electron chi connectivity index (χ2n) is 9.62. The molecule has 1 aromatic carbocycles. The molecule has 1 aromatic rings. The maximum Gasteiger partial charge on any atom is 0.338 e. The molecule has 0 aromatic heterocycles. The van der Waals surface area contributed by atoms with E-state index in [2.05, 4.69) is 17.6 Å². The molecule has 2 saturated heterocycles. The third kappa shape index (κ3) is 7.79. The van der Waals surface area contributed by atoms with E-state index in [1.54, 1.807) is 0 Å². The number of hydrogen-bond acceptors (Lipinski definition) is 11. The zero-order chi connectivity index (χ0) is 27.1. The molecule has 11 nitrogen and oxygen atoms in total. The average Bonchev–Trinajstić information content (AvgIpc) is 3.34. The second-order valence-corrected chi connectivity index (χ2v) is 10.8. The van der Waals surface area contributed by atoms with Gasteiger partial charge >= 0.3 is 5.97 Å². The number of amides is 1. The molecule has 0 bridgehead atoms. The molecule has 208 valence electrons. The maximum absolute atomic E-state index is 12.9. The normalized spacial score (nSPS) is 31.5. The van der Waals surface area contributed by atoms with Crippen LogP contribution in [0.5, 0.6) is 5.75 Å². The molecule has 2 aliphatic rings. The van der Waals surface area contributed by atoms with Crippen LogP contribution in [0.2, 0.25) is 0 Å². The number of aromatic hydroxyl groups is 1. The molecular weight excluding hydrogens is 504 g/mol. The minimum absolute atomic E-state index is 0.0438. The molecule has 2 aliphatic heterocycles. The highest BCUT2D eigenvalue weighted by Crippen LogP contribution is 2.31. The van der Waals surface area contributed by atoms with E-state index in [0.29, 0.717) is 12.3 Å². The molecule has 37 heavy (non-hydrogen) atoms. The molecule has 2 fully saturated rings. The molecule has 0 radical (unpaired) electrons. The lowest BCUT2D eigenvalue weighted by molar-refractivity contribution is -0.211. The van der Waals surface area contributed by atoms with Crippen LogP contribution in [0.3, 0.4) is 0 Å². The van der Waals surface area contributed by atoms with Crippen molar-refractivity contribution in [2.75, 3.05) is 18.9 Å². The Morgan fingerprint density at radius 1 is 1.24 bits per heavy atom. The second kappa shape index (κ2) is 13.7. The smallest absolute Gasteiger partial charge is 0.338 e. The third-order valence-corrected chi connectivity index (χ3v) is 7.83. The van der Waals surface area contributed by atoms with Crippen molar-refractivity contribution < 1.29 is 44.6 Å². The molecule has 3 rings (SSSR count). The van der Waals surface area contributed by atoms with E-state index in [9.17, 15) is 35.1 Å². The first kappa shape index (κ1) is 29.6. The molecule has 0 spiro atoms. The van der Waals surface area contributed by atoms with Crippen molar-refractivity contribution in [1.29, 1.82) is 0 Å². The van der Waals surface area contributed by atoms with Crippen molar-refractivity contribution in [3.8, 4) is 5.75 Å². The van der Waals surface area contributed by atoms with E-state index in [1.165, 1.54) is 31.2 Å². The molecule has 7 N–H and O–H groups in total. The fraction of sp³-hybridized carbons (Fsp3) is 0.680. The van der Waals surface area contributed by atoms with Crippen LogP contribution < -0.4 is 10.6 Å². The molecule has 0 saturated carbocycles. The van der Waals surface area contributed by atoms with E-state index in [1.807, 2.05) is 0 Å². The van der Waals surface area contributed by atoms with Crippen LogP contribution in [-0.2, 0) is 14.3 Å². The summed E-state index contributed by atoms with van der Waals surface area (Å²) in [6.45, 7) is 4.22. The summed E-state index contributed by atoms with van der Waals surface area (Å²) in [7, 11) is 0. The summed E-state index contributed by atoms with van der Waals surface area (Å²) in [5.41, 5.74) is -0.828. The Hall–Kier alpha value is -1.93. The lowest BCUT2D eigenvalue weighted by Gasteiger charge is -2.44. The fourth-order valence-electron chi connectivity index (χ4n) is 4.70. The van der Waals surface area contributed by atoms with Gasteiger partial charge in [0.05, 0.1) is 23.8 Å². The van der Waals surface area contributed by atoms with Crippen LogP contribution >= 0.6 is 11.8 Å². The van der Waals surface area contributed by atoms with Gasteiger partial charge in [-0.1, -0.05) is 19.4 Å². The average molecular weight is 543 g/mol. The number of esters is 1. The van der Waals surface area contributed by atoms with Crippen molar-refractivity contribution in [2.45, 2.75) is 81.1 Å². The van der Waals surface area contributed by atoms with Crippen molar-refractivity contribution in [1.82, 2.24) is 10.6 Å². The van der Waals surface area contributed by atoms with Crippen molar-refractivity contribution in [2.24, 2.45) is 5.92 Å². The first-order valence-electron chi connectivity index (χ1n) is 12.6. The predicted octanol–water partition coefficient (Wildman–Crippen LogP) is -0.266. The Labute approximate surface area is 220 Å². The number of carbonyl (C=O) groups is 2. The van der Waals surface area contributed by atoms with Gasteiger partial charge in [-0.2, -0.15) is 0 Å². The van der Waals surface area contributed by atoms with E-state index in [0.717, 1.165) is 31.1 Å². The molecule has 1 amide bonds. The van der Waals surface area contributed by atoms with Crippen LogP contribution in [0.25, 0.3) is 0 Å². The summed E-state index contributed by atoms with van der Waals surface area (Å²) < 4.78 is 11.1. The van der Waals surface area contributed by atoms with Crippen LogP contribution in [0, 0.1) is 5.92 Å². The molecule has 0 aliphatic carbocycles. The lowest BCUT2D eigenvalue weighted by Crippen LogP contribution is -2.65. The Bertz CT molecular complexity index is 905. The van der Waals surface area contributed by atoms with Gasteiger partial charge < -0.3 is 45.6 Å². The van der Waals surface area contributed by atoms with Crippen LogP contribution in [0.1, 0.15) is 43.5 Å². The lowest BCUT2D eigenvalue weighted by atomic mass is 9.92. The van der Waals surface area contributed by atoms with Crippen LogP contribution in [0.4, 0.5) is 0 Å². The van der Waals surface area contributed by atoms with Gasteiger partial charge in [0.15, 0.2) is 0 Å². The number of nitrogens with one attached hydrogen (secondary N) is 2. The van der Waals surface area contributed by atoms with Gasteiger partial charge in [0.25, 0.3) is 0 Å². The summed E-state index contributed by atoms with van der Waals surface area (Å²) in [6, 6.07) is 4.26. The first-order chi connectivity index (χ1) is 17.6. The van der Waals surface area contributed by atoms with Gasteiger partial charge in [0.1, 0.15) is 42.2 Å². The summed E-state index contributed by atoms with van der Waals surface area (Å²) in [5, 5.41) is 57.4. The topological polar surface area (TPSA) is 178 Å². The Morgan fingerprint density at radius 2 is 2.00 bits per heavy atom. The number of hydrogen-bond donors (Lipinski definition) is 7. The van der Waals surface area contributed by atoms with Crippen molar-refractivity contribution in [3.05, 3.63) is 29.8 Å². The quantitative estimate of drug-likeness (QED) is 0.145. The van der Waals surface area contributed by atoms with Crippen LogP contribution in [-0.4, -0.2) is 104 Å². The summed E-state index contributed by atoms with van der Waals surface area (Å²) >= 11 is 1.06. The first-order valence-corrected chi connectivity index (χ1v) is 13.7. The number of benzene rings is 1. The van der Waals surface area contributed by atoms with Crippen LogP contribution in [0.15, 0.2) is 24.3 Å². The fourth-order valence-corrected chi connectivity index (χ4v) is 5.68. The van der Waals surface area contributed by atoms with Gasteiger partial charge in [0, 0.05) is 5.75 Å². The van der Waals surface area contributed by atoms with Gasteiger partial charge in [-0.05, 0) is 50.4 Å². The van der Waals surface area contributed by atoms with E-state index < -0.39 is 54.0 Å². The number of ether oxygens (including phenoxy) is 2. The third-order valence-electron chi connectivity index (χ3n) is 6.70. The number of thioether (sulfide) groups is 1. The van der Waals surface area contributed by atoms with Gasteiger partial charge in [0.2, 0.25) is 5.91 Å². The molecular formula is C25H38N2O9S. The predicted molar refractivity (Wildman–Crippen MR) is 136 cm³/mol. The number of carbonyl (C=O) groups excluding carboxylic acids is 2. The summed E-state index contributed by atoms with van der Waals surface area (Å²) in [6.07, 6.45) is -4.20. The number of phenolic OH excluding ortho intramolecular Hbond substituents is 1. The summed E-state index contributed by atoms with van der Waals surface area (Å²) in [4.78, 5) is 25.0. The Morgan fingerprint density at radius 3 is 2.68 bits per heavy atom. The molecule has 0 unspecified atom stereocenters. The zero-order valence-corrected chi connectivity index (χ0v) is 21.8.